The molecule has 2 aliphatic carbocycles. The van der Waals surface area contributed by atoms with Crippen molar-refractivity contribution in [2.75, 3.05) is 13.7 Å². The van der Waals surface area contributed by atoms with Gasteiger partial charge in [-0.15, -0.1) is 0 Å². The van der Waals surface area contributed by atoms with E-state index in [0.29, 0.717) is 24.3 Å². The zero-order valence-electron chi connectivity index (χ0n) is 30.3. The number of pyridine rings is 1. The molecule has 0 spiro atoms. The fourth-order valence-electron chi connectivity index (χ4n) is 6.45. The van der Waals surface area contributed by atoms with E-state index < -0.39 is 52.5 Å². The van der Waals surface area contributed by atoms with Crippen LogP contribution in [0, 0.1) is 11.3 Å². The van der Waals surface area contributed by atoms with Crippen LogP contribution in [0.5, 0.6) is 11.6 Å². The van der Waals surface area contributed by atoms with Crippen LogP contribution in [0.25, 0.3) is 10.8 Å². The molecule has 3 aliphatic rings. The van der Waals surface area contributed by atoms with Gasteiger partial charge in [0.25, 0.3) is 0 Å². The topological polar surface area (TPSA) is 168 Å². The second-order valence-corrected chi connectivity index (χ2v) is 16.3. The molecule has 4 N–H and O–H groups in total. The van der Waals surface area contributed by atoms with Crippen molar-refractivity contribution < 1.29 is 33.4 Å². The average Bonchev–Trinajstić information content (AvgIpc) is 3.97. The molecular formula is C37H52N6O7. The number of nitrogens with one attached hydrogen (secondary N) is 4. The average molecular weight is 693 g/mol. The van der Waals surface area contributed by atoms with E-state index in [1.54, 1.807) is 19.4 Å². The molecule has 5 rings (SSSR count). The normalized spacial score (nSPS) is 21.1. The molecule has 1 aromatic heterocycles. The number of fused-ring (bicyclic) bond motifs is 1. The SMILES string of the molecule is COc1ccc2c(O[C@@H]3CC(C(=O)N[C@@](C=O)(CC(=O)NC4CC4)CC4CC4)N(C(=O)[C@@H](NC(=O)NC(C)(C)C)C(C)(C)C)C3)nccc2c1. The number of hydrogen-bond acceptors (Lipinski definition) is 8. The lowest BCUT2D eigenvalue weighted by Crippen LogP contribution is -2.62. The van der Waals surface area contributed by atoms with Crippen LogP contribution in [0.2, 0.25) is 0 Å². The van der Waals surface area contributed by atoms with Gasteiger partial charge in [-0.25, -0.2) is 9.78 Å². The summed E-state index contributed by atoms with van der Waals surface area (Å²) in [7, 11) is 1.59. The van der Waals surface area contributed by atoms with Crippen molar-refractivity contribution in [1.82, 2.24) is 31.2 Å². The zero-order valence-corrected chi connectivity index (χ0v) is 30.3. The van der Waals surface area contributed by atoms with Crippen molar-refractivity contribution in [2.45, 2.75) is 122 Å². The van der Waals surface area contributed by atoms with Crippen molar-refractivity contribution in [1.29, 1.82) is 0 Å². The quantitative estimate of drug-likeness (QED) is 0.231. The number of carbonyl (C=O) groups is 5. The molecule has 5 amide bonds. The van der Waals surface area contributed by atoms with Gasteiger partial charge >= 0.3 is 6.03 Å². The van der Waals surface area contributed by atoms with Crippen LogP contribution in [0.3, 0.4) is 0 Å². The molecule has 1 aromatic carbocycles. The number of aromatic nitrogens is 1. The Morgan fingerprint density at radius 2 is 1.74 bits per heavy atom. The third kappa shape index (κ3) is 9.42. The number of hydrogen-bond donors (Lipinski definition) is 4. The monoisotopic (exact) mass is 692 g/mol. The molecule has 3 fully saturated rings. The molecule has 4 atom stereocenters. The van der Waals surface area contributed by atoms with E-state index in [9.17, 15) is 24.0 Å². The molecule has 2 heterocycles. The first-order chi connectivity index (χ1) is 23.5. The standard InChI is InChI=1S/C37H52N6O7/c1-35(2,3)30(40-34(48)42-36(4,5)6)33(47)43-20-26(50-32-27-13-12-25(49-7)16-23(27)14-15-38-32)17-28(43)31(46)41-37(21-44,18-22-8-9-22)19-29(45)39-24-10-11-24/h12-16,21-22,24,26,28,30H,8-11,17-20H2,1-7H3,(H,39,45)(H,41,46)(H2,40,42,48)/t26-,28?,30-,37-/m1/s1. The molecule has 1 aliphatic heterocycles. The summed E-state index contributed by atoms with van der Waals surface area (Å²) in [6.45, 7) is 11.1. The number of urea groups is 1. The van der Waals surface area contributed by atoms with E-state index in [4.69, 9.17) is 9.47 Å². The van der Waals surface area contributed by atoms with Crippen LogP contribution in [-0.4, -0.2) is 88.9 Å². The van der Waals surface area contributed by atoms with Crippen molar-refractivity contribution in [3.8, 4) is 11.6 Å². The van der Waals surface area contributed by atoms with Crippen LogP contribution in [-0.2, 0) is 19.2 Å². The van der Waals surface area contributed by atoms with E-state index in [1.165, 1.54) is 4.90 Å². The molecule has 1 saturated heterocycles. The predicted molar refractivity (Wildman–Crippen MR) is 188 cm³/mol. The van der Waals surface area contributed by atoms with Gasteiger partial charge in [-0.2, -0.15) is 0 Å². The van der Waals surface area contributed by atoms with Gasteiger partial charge in [0.05, 0.1) is 20.1 Å². The van der Waals surface area contributed by atoms with Crippen LogP contribution in [0.1, 0.15) is 86.5 Å². The summed E-state index contributed by atoms with van der Waals surface area (Å²) >= 11 is 0. The van der Waals surface area contributed by atoms with Crippen molar-refractivity contribution in [3.63, 3.8) is 0 Å². The van der Waals surface area contributed by atoms with Crippen LogP contribution >= 0.6 is 0 Å². The van der Waals surface area contributed by atoms with Crippen LogP contribution in [0.4, 0.5) is 4.79 Å². The van der Waals surface area contributed by atoms with Gasteiger partial charge in [-0.05, 0) is 81.0 Å². The molecule has 1 unspecified atom stereocenters. The Labute approximate surface area is 294 Å². The number of rotatable bonds is 13. The Morgan fingerprint density at radius 1 is 1.02 bits per heavy atom. The first-order valence-corrected chi connectivity index (χ1v) is 17.6. The molecular weight excluding hydrogens is 640 g/mol. The van der Waals surface area contributed by atoms with Gasteiger partial charge in [0.2, 0.25) is 23.6 Å². The van der Waals surface area contributed by atoms with Crippen molar-refractivity contribution >= 4 is 40.8 Å². The predicted octanol–water partition coefficient (Wildman–Crippen LogP) is 3.63. The van der Waals surface area contributed by atoms with Crippen LogP contribution < -0.4 is 30.7 Å². The highest BCUT2D eigenvalue weighted by molar-refractivity contribution is 5.95. The highest BCUT2D eigenvalue weighted by atomic mass is 16.5. The maximum atomic E-state index is 14.5. The van der Waals surface area contributed by atoms with Gasteiger partial charge in [-0.1, -0.05) is 33.6 Å². The Kier molecular flexibility index (Phi) is 10.6. The number of carbonyl (C=O) groups excluding carboxylic acids is 5. The minimum Gasteiger partial charge on any atom is -0.497 e. The number of aldehydes is 1. The minimum atomic E-state index is -1.42. The molecule has 272 valence electrons. The maximum Gasteiger partial charge on any atom is 0.315 e. The Morgan fingerprint density at radius 3 is 2.34 bits per heavy atom. The Hall–Kier alpha value is -4.42. The van der Waals surface area contributed by atoms with E-state index >= 15 is 0 Å². The smallest absolute Gasteiger partial charge is 0.315 e. The minimum absolute atomic E-state index is 0.0270. The number of ether oxygens (including phenoxy) is 2. The first kappa shape index (κ1) is 36.9. The Bertz CT molecular complexity index is 1610. The Balaban J connectivity index is 1.44. The highest BCUT2D eigenvalue weighted by Crippen LogP contribution is 2.38. The van der Waals surface area contributed by atoms with E-state index in [2.05, 4.69) is 26.3 Å². The number of nitrogens with zero attached hydrogens (tertiary/aromatic N) is 2. The fraction of sp³-hybridized carbons (Fsp3) is 0.622. The summed E-state index contributed by atoms with van der Waals surface area (Å²) in [4.78, 5) is 73.5. The van der Waals surface area contributed by atoms with Gasteiger partial charge in [0.1, 0.15) is 35.8 Å². The lowest BCUT2D eigenvalue weighted by molar-refractivity contribution is -0.143. The van der Waals surface area contributed by atoms with Crippen molar-refractivity contribution in [3.05, 3.63) is 30.5 Å². The summed E-state index contributed by atoms with van der Waals surface area (Å²) in [5, 5.41) is 13.1. The molecule has 0 bridgehead atoms. The molecule has 2 saturated carbocycles. The largest absolute Gasteiger partial charge is 0.497 e. The first-order valence-electron chi connectivity index (χ1n) is 17.6. The van der Waals surface area contributed by atoms with E-state index in [-0.39, 0.29) is 37.3 Å². The second-order valence-electron chi connectivity index (χ2n) is 16.3. The summed E-state index contributed by atoms with van der Waals surface area (Å²) in [5.41, 5.74) is -2.71. The molecule has 13 nitrogen and oxygen atoms in total. The summed E-state index contributed by atoms with van der Waals surface area (Å²) in [6.07, 6.45) is 5.52. The number of benzene rings is 1. The third-order valence-corrected chi connectivity index (χ3v) is 9.30. The number of methoxy groups -OCH3 is 1. The van der Waals surface area contributed by atoms with Crippen molar-refractivity contribution in [2.24, 2.45) is 11.3 Å². The molecule has 0 radical (unpaired) electrons. The summed E-state index contributed by atoms with van der Waals surface area (Å²) in [6, 6.07) is 4.88. The lowest BCUT2D eigenvalue weighted by atomic mass is 9.85. The van der Waals surface area contributed by atoms with Gasteiger partial charge < -0.3 is 40.4 Å². The summed E-state index contributed by atoms with van der Waals surface area (Å²) < 4.78 is 11.8. The van der Waals surface area contributed by atoms with Gasteiger partial charge in [0, 0.05) is 29.6 Å². The molecule has 13 heteroatoms. The zero-order chi connectivity index (χ0) is 36.4. The van der Waals surface area contributed by atoms with Gasteiger partial charge in [0.15, 0.2) is 0 Å². The molecule has 50 heavy (non-hydrogen) atoms. The number of amides is 5. The van der Waals surface area contributed by atoms with Crippen LogP contribution in [0.15, 0.2) is 30.5 Å². The third-order valence-electron chi connectivity index (χ3n) is 9.30. The van der Waals surface area contributed by atoms with Gasteiger partial charge in [-0.3, -0.25) is 14.4 Å². The second kappa shape index (κ2) is 14.4. The fourth-order valence-corrected chi connectivity index (χ4v) is 6.45. The number of likely N-dealkylation sites (tertiary alicyclic amines) is 1. The molecule has 2 aromatic rings. The lowest BCUT2D eigenvalue weighted by Gasteiger charge is -2.37. The van der Waals surface area contributed by atoms with E-state index in [1.807, 2.05) is 59.7 Å². The van der Waals surface area contributed by atoms with E-state index in [0.717, 1.165) is 36.5 Å². The maximum absolute atomic E-state index is 14.5. The summed E-state index contributed by atoms with van der Waals surface area (Å²) in [5.74, 6) is -0.0740. The highest BCUT2D eigenvalue weighted by Gasteiger charge is 2.49.